The number of anilines is 1. The van der Waals surface area contributed by atoms with Crippen molar-refractivity contribution in [3.63, 3.8) is 0 Å². The summed E-state index contributed by atoms with van der Waals surface area (Å²) in [6, 6.07) is 15.2. The Kier molecular flexibility index (Phi) is 4.52. The van der Waals surface area contributed by atoms with Gasteiger partial charge >= 0.3 is 0 Å². The fraction of sp³-hybridized carbons (Fsp3) is 0.200. The van der Waals surface area contributed by atoms with E-state index < -0.39 is 4.92 Å². The summed E-state index contributed by atoms with van der Waals surface area (Å²) in [6.45, 7) is 2.76. The monoisotopic (exact) mass is 377 g/mol. The summed E-state index contributed by atoms with van der Waals surface area (Å²) in [5, 5.41) is 31.8. The highest BCUT2D eigenvalue weighted by molar-refractivity contribution is 6.03. The first-order valence-corrected chi connectivity index (χ1v) is 8.99. The Morgan fingerprint density at radius 1 is 1.21 bits per heavy atom. The number of hydrogen-bond donors (Lipinski definition) is 1. The fourth-order valence-electron chi connectivity index (χ4n) is 3.46. The minimum Gasteiger partial charge on any atom is -0.508 e. The summed E-state index contributed by atoms with van der Waals surface area (Å²) in [5.74, 6) is 0.184. The Morgan fingerprint density at radius 2 is 2.00 bits per heavy atom. The number of hydrazone groups is 1. The zero-order chi connectivity index (χ0) is 19.7. The molecule has 1 unspecified atom stereocenters. The first-order valence-electron chi connectivity index (χ1n) is 8.99. The van der Waals surface area contributed by atoms with Crippen LogP contribution >= 0.6 is 0 Å². The largest absolute Gasteiger partial charge is 0.508 e. The number of aromatic hydroxyl groups is 1. The second kappa shape index (κ2) is 7.15. The van der Waals surface area contributed by atoms with Gasteiger partial charge in [0, 0.05) is 36.9 Å². The summed E-state index contributed by atoms with van der Waals surface area (Å²) in [6.07, 6.45) is 2.39. The van der Waals surface area contributed by atoms with E-state index in [1.165, 1.54) is 12.1 Å². The summed E-state index contributed by atoms with van der Waals surface area (Å²) in [5.41, 5.74) is 3.49. The number of nitro benzene ring substituents is 1. The van der Waals surface area contributed by atoms with Crippen LogP contribution in [0.5, 0.6) is 5.75 Å². The highest BCUT2D eigenvalue weighted by Crippen LogP contribution is 2.37. The lowest BCUT2D eigenvalue weighted by Crippen LogP contribution is -2.21. The zero-order valence-corrected chi connectivity index (χ0v) is 15.3. The van der Waals surface area contributed by atoms with Gasteiger partial charge in [0.05, 0.1) is 28.1 Å². The van der Waals surface area contributed by atoms with Crippen molar-refractivity contribution >= 4 is 17.1 Å². The van der Waals surface area contributed by atoms with Crippen LogP contribution in [-0.2, 0) is 6.54 Å². The van der Waals surface area contributed by atoms with E-state index in [0.717, 1.165) is 29.2 Å². The number of rotatable bonds is 5. The van der Waals surface area contributed by atoms with Gasteiger partial charge < -0.3 is 5.11 Å². The second-order valence-corrected chi connectivity index (χ2v) is 6.51. The van der Waals surface area contributed by atoms with Crippen molar-refractivity contribution in [2.45, 2.75) is 25.9 Å². The third-order valence-corrected chi connectivity index (χ3v) is 4.81. The van der Waals surface area contributed by atoms with Crippen molar-refractivity contribution in [3.05, 3.63) is 82.2 Å². The lowest BCUT2D eigenvalue weighted by molar-refractivity contribution is -0.384. The summed E-state index contributed by atoms with van der Waals surface area (Å²) in [4.78, 5) is 10.5. The van der Waals surface area contributed by atoms with E-state index in [9.17, 15) is 15.2 Å². The van der Waals surface area contributed by atoms with Crippen LogP contribution in [0.3, 0.4) is 0 Å². The number of aryl methyl sites for hydroxylation is 1. The van der Waals surface area contributed by atoms with Crippen LogP contribution in [0.2, 0.25) is 0 Å². The van der Waals surface area contributed by atoms with Crippen molar-refractivity contribution in [1.29, 1.82) is 0 Å². The molecule has 8 heteroatoms. The van der Waals surface area contributed by atoms with Gasteiger partial charge in [0.15, 0.2) is 0 Å². The molecule has 1 aliphatic heterocycles. The van der Waals surface area contributed by atoms with Crippen LogP contribution in [0.1, 0.15) is 30.6 Å². The van der Waals surface area contributed by atoms with Gasteiger partial charge in [-0.05, 0) is 37.3 Å². The molecule has 1 atom stereocenters. The summed E-state index contributed by atoms with van der Waals surface area (Å²) in [7, 11) is 0. The molecule has 0 saturated carbocycles. The van der Waals surface area contributed by atoms with Gasteiger partial charge in [-0.25, -0.2) is 0 Å². The maximum atomic E-state index is 11.0. The second-order valence-electron chi connectivity index (χ2n) is 6.51. The Hall–Kier alpha value is -3.68. The van der Waals surface area contributed by atoms with Gasteiger partial charge in [0.1, 0.15) is 5.75 Å². The molecule has 1 aromatic heterocycles. The molecule has 28 heavy (non-hydrogen) atoms. The number of benzene rings is 2. The van der Waals surface area contributed by atoms with E-state index in [1.807, 2.05) is 28.7 Å². The van der Waals surface area contributed by atoms with Crippen molar-refractivity contribution in [1.82, 2.24) is 9.78 Å². The average molecular weight is 377 g/mol. The third-order valence-electron chi connectivity index (χ3n) is 4.81. The third kappa shape index (κ3) is 3.20. The van der Waals surface area contributed by atoms with E-state index in [0.29, 0.717) is 6.42 Å². The minimum atomic E-state index is -0.418. The predicted molar refractivity (Wildman–Crippen MR) is 105 cm³/mol. The molecule has 1 N–H and O–H groups in total. The highest BCUT2D eigenvalue weighted by atomic mass is 16.6. The molecule has 2 heterocycles. The van der Waals surface area contributed by atoms with E-state index in [2.05, 4.69) is 5.10 Å². The number of phenols is 1. The van der Waals surface area contributed by atoms with Crippen LogP contribution in [-0.4, -0.2) is 25.5 Å². The van der Waals surface area contributed by atoms with Gasteiger partial charge in [-0.1, -0.05) is 12.1 Å². The van der Waals surface area contributed by atoms with Crippen LogP contribution in [0.15, 0.2) is 65.9 Å². The Morgan fingerprint density at radius 3 is 2.68 bits per heavy atom. The number of nitro groups is 1. The van der Waals surface area contributed by atoms with Crippen molar-refractivity contribution in [2.24, 2.45) is 5.10 Å². The SMILES string of the molecule is CCn1nccc1C1CC(c2cccc(O)c2)=NN1c1ccc([N+](=O)[O-])cc1. The molecule has 142 valence electrons. The molecule has 0 amide bonds. The van der Waals surface area contributed by atoms with E-state index in [4.69, 9.17) is 5.10 Å². The molecule has 0 bridgehead atoms. The van der Waals surface area contributed by atoms with Crippen LogP contribution in [0.25, 0.3) is 0 Å². The molecule has 8 nitrogen and oxygen atoms in total. The van der Waals surface area contributed by atoms with E-state index in [-0.39, 0.29) is 17.5 Å². The molecule has 0 spiro atoms. The molecule has 2 aromatic carbocycles. The molecule has 0 aliphatic carbocycles. The normalized spacial score (nSPS) is 16.2. The molecule has 4 rings (SSSR count). The maximum Gasteiger partial charge on any atom is 0.269 e. The van der Waals surface area contributed by atoms with Gasteiger partial charge in [-0.2, -0.15) is 10.2 Å². The zero-order valence-electron chi connectivity index (χ0n) is 15.3. The average Bonchev–Trinajstić information content (AvgIpc) is 3.34. The van der Waals surface area contributed by atoms with Gasteiger partial charge in [0.2, 0.25) is 0 Å². The Balaban J connectivity index is 1.76. The molecule has 3 aromatic rings. The molecule has 0 radical (unpaired) electrons. The number of phenolic OH excluding ortho intramolecular Hbond substituents is 1. The van der Waals surface area contributed by atoms with E-state index in [1.54, 1.807) is 36.5 Å². The first-order chi connectivity index (χ1) is 13.6. The maximum absolute atomic E-state index is 11.0. The quantitative estimate of drug-likeness (QED) is 0.538. The molecule has 0 saturated heterocycles. The molecular formula is C20H19N5O3. The van der Waals surface area contributed by atoms with Gasteiger partial charge in [-0.15, -0.1) is 0 Å². The topological polar surface area (TPSA) is 96.8 Å². The Labute approximate surface area is 161 Å². The van der Waals surface area contributed by atoms with Crippen molar-refractivity contribution in [2.75, 3.05) is 5.01 Å². The number of aromatic nitrogens is 2. The van der Waals surface area contributed by atoms with Gasteiger partial charge in [0.25, 0.3) is 5.69 Å². The number of hydrogen-bond acceptors (Lipinski definition) is 6. The van der Waals surface area contributed by atoms with Gasteiger partial charge in [-0.3, -0.25) is 19.8 Å². The standard InChI is InChI=1S/C20H19N5O3/c1-2-23-19(10-11-21-23)20-13-18(14-4-3-5-17(26)12-14)22-24(20)15-6-8-16(9-7-15)25(27)28/h3-12,20,26H,2,13H2,1H3. The number of non-ortho nitro benzene ring substituents is 1. The molecular weight excluding hydrogens is 358 g/mol. The molecule has 1 aliphatic rings. The lowest BCUT2D eigenvalue weighted by atomic mass is 10.0. The summed E-state index contributed by atoms with van der Waals surface area (Å²) >= 11 is 0. The predicted octanol–water partition coefficient (Wildman–Crippen LogP) is 3.87. The van der Waals surface area contributed by atoms with Crippen molar-refractivity contribution in [3.8, 4) is 5.75 Å². The lowest BCUT2D eigenvalue weighted by Gasteiger charge is -2.24. The van der Waals surface area contributed by atoms with Crippen LogP contribution in [0, 0.1) is 10.1 Å². The molecule has 0 fully saturated rings. The summed E-state index contributed by atoms with van der Waals surface area (Å²) < 4.78 is 1.92. The van der Waals surface area contributed by atoms with Crippen molar-refractivity contribution < 1.29 is 10.0 Å². The number of nitrogens with zero attached hydrogens (tertiary/aromatic N) is 5. The minimum absolute atomic E-state index is 0.0373. The highest BCUT2D eigenvalue weighted by Gasteiger charge is 2.32. The van der Waals surface area contributed by atoms with Crippen LogP contribution < -0.4 is 5.01 Å². The van der Waals surface area contributed by atoms with Crippen LogP contribution in [0.4, 0.5) is 11.4 Å². The smallest absolute Gasteiger partial charge is 0.269 e. The first kappa shape index (κ1) is 17.7. The van der Waals surface area contributed by atoms with E-state index >= 15 is 0 Å². The fourth-order valence-corrected chi connectivity index (χ4v) is 3.46. The Bertz CT molecular complexity index is 1040.